The molecule has 3 aromatic carbocycles. The number of nitrogens with zero attached hydrogens (tertiary/aromatic N) is 3. The number of anilines is 2. The Morgan fingerprint density at radius 2 is 1.79 bits per heavy atom. The number of aryl methyl sites for hydroxylation is 2. The number of Topliss-reactive ketones (excluding diaryl/α,β-unsaturated/α-hetero) is 1. The predicted octanol–water partition coefficient (Wildman–Crippen LogP) is 6.00. The van der Waals surface area contributed by atoms with E-state index < -0.39 is 17.7 Å². The average molecular weight is 528 g/mol. The van der Waals surface area contributed by atoms with Crippen LogP contribution in [0.3, 0.4) is 0 Å². The molecule has 194 valence electrons. The second kappa shape index (κ2) is 9.95. The summed E-state index contributed by atoms with van der Waals surface area (Å²) < 4.78 is 6.46. The van der Waals surface area contributed by atoms with Crippen molar-refractivity contribution in [2.45, 2.75) is 26.8 Å². The minimum atomic E-state index is -0.835. The van der Waals surface area contributed by atoms with Crippen molar-refractivity contribution in [2.24, 2.45) is 0 Å². The van der Waals surface area contributed by atoms with Crippen LogP contribution in [-0.4, -0.2) is 42.5 Å². The Bertz CT molecular complexity index is 1590. The third-order valence-electron chi connectivity index (χ3n) is 6.68. The van der Waals surface area contributed by atoms with Gasteiger partial charge < -0.3 is 14.7 Å². The number of aliphatic hydroxyl groups excluding tert-OH is 1. The quantitative estimate of drug-likeness (QED) is 0.188. The van der Waals surface area contributed by atoms with Crippen molar-refractivity contribution in [3.05, 3.63) is 88.5 Å². The summed E-state index contributed by atoms with van der Waals surface area (Å²) in [5, 5.41) is 11.9. The zero-order valence-electron chi connectivity index (χ0n) is 22.0. The maximum absolute atomic E-state index is 13.6. The molecule has 1 N–H and O–H groups in total. The lowest BCUT2D eigenvalue weighted by Crippen LogP contribution is -2.29. The first-order valence-corrected chi connectivity index (χ1v) is 13.2. The Morgan fingerprint density at radius 1 is 1.05 bits per heavy atom. The lowest BCUT2D eigenvalue weighted by molar-refractivity contribution is -0.132. The van der Waals surface area contributed by atoms with E-state index >= 15 is 0 Å². The molecule has 38 heavy (non-hydrogen) atoms. The Kier molecular flexibility index (Phi) is 6.67. The molecular weight excluding hydrogens is 498 g/mol. The van der Waals surface area contributed by atoms with Gasteiger partial charge in [-0.25, -0.2) is 4.98 Å². The Balaban J connectivity index is 1.71. The van der Waals surface area contributed by atoms with Crippen LogP contribution in [0.2, 0.25) is 0 Å². The molecule has 0 radical (unpaired) electrons. The number of benzene rings is 3. The Hall–Kier alpha value is -4.17. The second-order valence-electron chi connectivity index (χ2n) is 9.53. The SMILES string of the molecule is CCOc1ccc2nc(N3C(=O)C(=O)/C(=C(/O)c4cc(C)ccc4C)C3c3ccc(N(C)C)cc3)sc2c1. The van der Waals surface area contributed by atoms with Gasteiger partial charge in [-0.1, -0.05) is 41.2 Å². The molecule has 1 aromatic heterocycles. The normalized spacial score (nSPS) is 16.9. The molecule has 4 aromatic rings. The van der Waals surface area contributed by atoms with Gasteiger partial charge >= 0.3 is 5.91 Å². The largest absolute Gasteiger partial charge is 0.507 e. The van der Waals surface area contributed by atoms with Crippen LogP contribution in [0.1, 0.15) is 35.2 Å². The summed E-state index contributed by atoms with van der Waals surface area (Å²) >= 11 is 1.31. The zero-order valence-corrected chi connectivity index (χ0v) is 22.8. The van der Waals surface area contributed by atoms with Crippen molar-refractivity contribution in [1.29, 1.82) is 0 Å². The Labute approximate surface area is 225 Å². The summed E-state index contributed by atoms with van der Waals surface area (Å²) in [7, 11) is 3.89. The smallest absolute Gasteiger partial charge is 0.301 e. The summed E-state index contributed by atoms with van der Waals surface area (Å²) in [6, 6.07) is 18.0. The fourth-order valence-corrected chi connectivity index (χ4v) is 5.71. The number of hydrogen-bond donors (Lipinski definition) is 1. The zero-order chi connectivity index (χ0) is 27.1. The van der Waals surface area contributed by atoms with Crippen LogP contribution >= 0.6 is 11.3 Å². The number of thiazole rings is 1. The van der Waals surface area contributed by atoms with E-state index in [9.17, 15) is 14.7 Å². The molecule has 0 saturated carbocycles. The van der Waals surface area contributed by atoms with Crippen LogP contribution in [0.15, 0.2) is 66.2 Å². The van der Waals surface area contributed by atoms with Gasteiger partial charge in [0.05, 0.1) is 28.4 Å². The lowest BCUT2D eigenvalue weighted by atomic mass is 9.93. The number of fused-ring (bicyclic) bond motifs is 1. The first-order valence-electron chi connectivity index (χ1n) is 12.4. The number of ketones is 1. The van der Waals surface area contributed by atoms with Gasteiger partial charge in [-0.05, 0) is 68.3 Å². The van der Waals surface area contributed by atoms with Gasteiger partial charge in [0.15, 0.2) is 5.13 Å². The maximum atomic E-state index is 13.6. The molecule has 1 atom stereocenters. The number of amides is 1. The van der Waals surface area contributed by atoms with Crippen molar-refractivity contribution in [3.63, 3.8) is 0 Å². The van der Waals surface area contributed by atoms with Crippen LogP contribution in [0, 0.1) is 13.8 Å². The molecule has 0 aliphatic carbocycles. The van der Waals surface area contributed by atoms with Gasteiger partial charge in [-0.3, -0.25) is 14.5 Å². The maximum Gasteiger partial charge on any atom is 0.301 e. The molecule has 1 aliphatic heterocycles. The van der Waals surface area contributed by atoms with E-state index in [1.54, 1.807) is 0 Å². The summed E-state index contributed by atoms with van der Waals surface area (Å²) in [5.41, 5.74) is 4.71. The molecule has 1 saturated heterocycles. The Morgan fingerprint density at radius 3 is 2.47 bits per heavy atom. The van der Waals surface area contributed by atoms with Crippen molar-refractivity contribution in [2.75, 3.05) is 30.5 Å². The highest BCUT2D eigenvalue weighted by atomic mass is 32.1. The number of hydrogen-bond acceptors (Lipinski definition) is 7. The van der Waals surface area contributed by atoms with E-state index in [0.717, 1.165) is 21.5 Å². The number of aliphatic hydroxyl groups is 1. The van der Waals surface area contributed by atoms with E-state index in [0.29, 0.717) is 34.1 Å². The monoisotopic (exact) mass is 527 g/mol. The first-order chi connectivity index (χ1) is 18.2. The fourth-order valence-electron chi connectivity index (χ4n) is 4.69. The number of rotatable bonds is 6. The molecule has 0 bridgehead atoms. The van der Waals surface area contributed by atoms with Crippen LogP contribution in [0.5, 0.6) is 5.75 Å². The second-order valence-corrected chi connectivity index (χ2v) is 10.5. The average Bonchev–Trinajstić information content (AvgIpc) is 3.43. The lowest BCUT2D eigenvalue weighted by Gasteiger charge is -2.24. The molecule has 7 nitrogen and oxygen atoms in total. The van der Waals surface area contributed by atoms with Crippen LogP contribution < -0.4 is 14.5 Å². The van der Waals surface area contributed by atoms with E-state index in [1.165, 1.54) is 16.2 Å². The van der Waals surface area contributed by atoms with Crippen molar-refractivity contribution in [3.8, 4) is 5.75 Å². The number of carbonyl (C=O) groups excluding carboxylic acids is 2. The highest BCUT2D eigenvalue weighted by Gasteiger charge is 2.48. The summed E-state index contributed by atoms with van der Waals surface area (Å²) in [5.74, 6) is -0.932. The van der Waals surface area contributed by atoms with Crippen LogP contribution in [0.25, 0.3) is 16.0 Å². The third-order valence-corrected chi connectivity index (χ3v) is 7.70. The molecule has 8 heteroatoms. The minimum Gasteiger partial charge on any atom is -0.507 e. The molecule has 1 unspecified atom stereocenters. The molecule has 0 spiro atoms. The molecule has 5 rings (SSSR count). The summed E-state index contributed by atoms with van der Waals surface area (Å²) in [6.07, 6.45) is 0. The predicted molar refractivity (Wildman–Crippen MR) is 152 cm³/mol. The van der Waals surface area contributed by atoms with E-state index in [1.807, 2.05) is 100 Å². The van der Waals surface area contributed by atoms with Gasteiger partial charge in [-0.2, -0.15) is 0 Å². The van der Waals surface area contributed by atoms with E-state index in [-0.39, 0.29) is 11.3 Å². The van der Waals surface area contributed by atoms with Gasteiger partial charge in [0, 0.05) is 25.3 Å². The van der Waals surface area contributed by atoms with Crippen molar-refractivity contribution in [1.82, 2.24) is 4.98 Å². The highest BCUT2D eigenvalue weighted by Crippen LogP contribution is 2.45. The van der Waals surface area contributed by atoms with Crippen molar-refractivity contribution < 1.29 is 19.4 Å². The standard InChI is InChI=1S/C30H29N3O4S/c1-6-37-21-13-14-23-24(16-21)38-30(31-23)33-26(19-9-11-20(12-10-19)32(4)5)25(28(35)29(33)36)27(34)22-15-17(2)7-8-18(22)3/h7-16,26,34H,6H2,1-5H3/b27-25+. The van der Waals surface area contributed by atoms with Gasteiger partial charge in [0.1, 0.15) is 11.5 Å². The van der Waals surface area contributed by atoms with Gasteiger partial charge in [0.25, 0.3) is 5.78 Å². The molecule has 2 heterocycles. The number of carbonyl (C=O) groups is 2. The number of ether oxygens (including phenoxy) is 1. The molecule has 1 aliphatic rings. The van der Waals surface area contributed by atoms with Crippen LogP contribution in [0.4, 0.5) is 10.8 Å². The minimum absolute atomic E-state index is 0.0514. The van der Waals surface area contributed by atoms with Crippen molar-refractivity contribution >= 4 is 49.8 Å². The van der Waals surface area contributed by atoms with Gasteiger partial charge in [-0.15, -0.1) is 0 Å². The molecular formula is C30H29N3O4S. The van der Waals surface area contributed by atoms with E-state index in [4.69, 9.17) is 9.72 Å². The summed E-state index contributed by atoms with van der Waals surface area (Å²) in [4.78, 5) is 35.2. The third kappa shape index (κ3) is 4.41. The molecule has 1 amide bonds. The first kappa shape index (κ1) is 25.5. The van der Waals surface area contributed by atoms with E-state index in [2.05, 4.69) is 0 Å². The topological polar surface area (TPSA) is 83.0 Å². The van der Waals surface area contributed by atoms with Crippen LogP contribution in [-0.2, 0) is 9.59 Å². The number of aromatic nitrogens is 1. The summed E-state index contributed by atoms with van der Waals surface area (Å²) in [6.45, 7) is 6.24. The van der Waals surface area contributed by atoms with Gasteiger partial charge in [0.2, 0.25) is 0 Å². The molecule has 1 fully saturated rings. The fraction of sp³-hybridized carbons (Fsp3) is 0.233. The highest BCUT2D eigenvalue weighted by molar-refractivity contribution is 7.22.